The van der Waals surface area contributed by atoms with E-state index < -0.39 is 5.97 Å². The van der Waals surface area contributed by atoms with Gasteiger partial charge in [0, 0.05) is 0 Å². The molecule has 0 aliphatic heterocycles. The molecule has 0 atom stereocenters. The quantitative estimate of drug-likeness (QED) is 0.777. The number of hydrogen-bond acceptors (Lipinski definition) is 4. The first-order chi connectivity index (χ1) is 8.61. The minimum atomic E-state index is -0.436. The van der Waals surface area contributed by atoms with Crippen molar-refractivity contribution in [2.24, 2.45) is 0 Å². The average molecular weight is 245 g/mol. The molecule has 94 valence electrons. The van der Waals surface area contributed by atoms with Gasteiger partial charge in [0.1, 0.15) is 0 Å². The minimum absolute atomic E-state index is 0.262. The van der Waals surface area contributed by atoms with E-state index in [4.69, 9.17) is 4.74 Å². The van der Waals surface area contributed by atoms with E-state index in [0.717, 1.165) is 11.3 Å². The van der Waals surface area contributed by atoms with Gasteiger partial charge in [0.25, 0.3) is 0 Å². The van der Waals surface area contributed by atoms with Gasteiger partial charge >= 0.3 is 5.97 Å². The van der Waals surface area contributed by atoms with Crippen LogP contribution >= 0.6 is 0 Å². The first-order valence-corrected chi connectivity index (χ1v) is 5.80. The number of rotatable bonds is 3. The van der Waals surface area contributed by atoms with E-state index in [1.165, 1.54) is 4.80 Å². The standard InChI is InChI=1S/C13H15N3O2/c1-4-18-13(17)12-10(3)14-16(15-12)11-7-5-6-9(2)8-11/h5-8H,4H2,1-3H3. The van der Waals surface area contributed by atoms with E-state index >= 15 is 0 Å². The number of carbonyl (C=O) groups is 1. The Morgan fingerprint density at radius 1 is 1.33 bits per heavy atom. The molecule has 1 aromatic heterocycles. The van der Waals surface area contributed by atoms with Gasteiger partial charge in [-0.25, -0.2) is 4.79 Å². The molecule has 0 amide bonds. The first kappa shape index (κ1) is 12.3. The van der Waals surface area contributed by atoms with Crippen molar-refractivity contribution in [1.82, 2.24) is 15.0 Å². The van der Waals surface area contributed by atoms with Crippen LogP contribution in [-0.4, -0.2) is 27.6 Å². The molecule has 1 aromatic carbocycles. The summed E-state index contributed by atoms with van der Waals surface area (Å²) < 4.78 is 4.93. The van der Waals surface area contributed by atoms with Gasteiger partial charge in [0.2, 0.25) is 0 Å². The van der Waals surface area contributed by atoms with Gasteiger partial charge in [-0.1, -0.05) is 12.1 Å². The monoisotopic (exact) mass is 245 g/mol. The van der Waals surface area contributed by atoms with Crippen LogP contribution < -0.4 is 0 Å². The largest absolute Gasteiger partial charge is 0.461 e. The zero-order valence-corrected chi connectivity index (χ0v) is 10.7. The third kappa shape index (κ3) is 2.40. The minimum Gasteiger partial charge on any atom is -0.461 e. The fourth-order valence-electron chi connectivity index (χ4n) is 1.63. The highest BCUT2D eigenvalue weighted by Gasteiger charge is 2.17. The molecule has 0 bridgehead atoms. The highest BCUT2D eigenvalue weighted by molar-refractivity contribution is 5.88. The molecule has 5 heteroatoms. The van der Waals surface area contributed by atoms with Gasteiger partial charge in [-0.3, -0.25) is 0 Å². The fourth-order valence-corrected chi connectivity index (χ4v) is 1.63. The Kier molecular flexibility index (Phi) is 3.41. The van der Waals surface area contributed by atoms with Crippen molar-refractivity contribution in [3.8, 4) is 5.69 Å². The summed E-state index contributed by atoms with van der Waals surface area (Å²) in [5, 5.41) is 8.40. The van der Waals surface area contributed by atoms with E-state index in [1.54, 1.807) is 13.8 Å². The molecule has 1 heterocycles. The van der Waals surface area contributed by atoms with Crippen LogP contribution in [0.5, 0.6) is 0 Å². The van der Waals surface area contributed by atoms with E-state index in [1.807, 2.05) is 31.2 Å². The summed E-state index contributed by atoms with van der Waals surface area (Å²) >= 11 is 0. The van der Waals surface area contributed by atoms with E-state index in [9.17, 15) is 4.79 Å². The van der Waals surface area contributed by atoms with Gasteiger partial charge in [0.05, 0.1) is 18.0 Å². The molecular formula is C13H15N3O2. The summed E-state index contributed by atoms with van der Waals surface area (Å²) in [6.45, 7) is 5.82. The second-order valence-electron chi connectivity index (χ2n) is 3.98. The first-order valence-electron chi connectivity index (χ1n) is 5.80. The number of carbonyl (C=O) groups excluding carboxylic acids is 1. The van der Waals surface area contributed by atoms with Gasteiger partial charge in [-0.05, 0) is 38.5 Å². The van der Waals surface area contributed by atoms with Crippen molar-refractivity contribution in [1.29, 1.82) is 0 Å². The SMILES string of the molecule is CCOC(=O)c1nn(-c2cccc(C)c2)nc1C. The van der Waals surface area contributed by atoms with E-state index in [0.29, 0.717) is 12.3 Å². The summed E-state index contributed by atoms with van der Waals surface area (Å²) in [7, 11) is 0. The Balaban J connectivity index is 2.37. The molecule has 0 fully saturated rings. The van der Waals surface area contributed by atoms with Crippen molar-refractivity contribution < 1.29 is 9.53 Å². The lowest BCUT2D eigenvalue weighted by Crippen LogP contribution is -2.07. The van der Waals surface area contributed by atoms with E-state index in [2.05, 4.69) is 10.2 Å². The van der Waals surface area contributed by atoms with Crippen molar-refractivity contribution in [2.45, 2.75) is 20.8 Å². The van der Waals surface area contributed by atoms with Crippen LogP contribution in [0.3, 0.4) is 0 Å². The number of esters is 1. The molecule has 0 radical (unpaired) electrons. The summed E-state index contributed by atoms with van der Waals surface area (Å²) in [5.41, 5.74) is 2.77. The molecule has 0 aliphatic rings. The van der Waals surface area contributed by atoms with Crippen LogP contribution in [0.25, 0.3) is 5.69 Å². The van der Waals surface area contributed by atoms with Gasteiger partial charge in [0.15, 0.2) is 5.69 Å². The molecule has 0 N–H and O–H groups in total. The van der Waals surface area contributed by atoms with Crippen LogP contribution in [0.2, 0.25) is 0 Å². The Morgan fingerprint density at radius 3 is 2.78 bits per heavy atom. The smallest absolute Gasteiger partial charge is 0.360 e. The van der Waals surface area contributed by atoms with Crippen molar-refractivity contribution >= 4 is 5.97 Å². The van der Waals surface area contributed by atoms with Gasteiger partial charge in [-0.2, -0.15) is 9.90 Å². The van der Waals surface area contributed by atoms with Crippen molar-refractivity contribution in [3.63, 3.8) is 0 Å². The average Bonchev–Trinajstić information content (AvgIpc) is 2.72. The lowest BCUT2D eigenvalue weighted by molar-refractivity contribution is 0.0518. The topological polar surface area (TPSA) is 57.0 Å². The second-order valence-corrected chi connectivity index (χ2v) is 3.98. The zero-order chi connectivity index (χ0) is 13.1. The molecule has 0 saturated carbocycles. The summed E-state index contributed by atoms with van der Waals surface area (Å²) in [4.78, 5) is 13.1. The maximum Gasteiger partial charge on any atom is 0.360 e. The third-order valence-electron chi connectivity index (χ3n) is 2.48. The Hall–Kier alpha value is -2.17. The summed E-state index contributed by atoms with van der Waals surface area (Å²) in [6, 6.07) is 7.76. The molecule has 2 aromatic rings. The molecule has 0 saturated heterocycles. The fraction of sp³-hybridized carbons (Fsp3) is 0.308. The molecular weight excluding hydrogens is 230 g/mol. The number of aryl methyl sites for hydroxylation is 2. The molecule has 0 unspecified atom stereocenters. The number of hydrogen-bond donors (Lipinski definition) is 0. The van der Waals surface area contributed by atoms with Crippen molar-refractivity contribution in [2.75, 3.05) is 6.61 Å². The molecule has 0 spiro atoms. The lowest BCUT2D eigenvalue weighted by Gasteiger charge is -2.00. The summed E-state index contributed by atoms with van der Waals surface area (Å²) in [6.07, 6.45) is 0. The maximum absolute atomic E-state index is 11.6. The maximum atomic E-state index is 11.6. The van der Waals surface area contributed by atoms with Crippen LogP contribution in [-0.2, 0) is 4.74 Å². The predicted molar refractivity (Wildman–Crippen MR) is 66.8 cm³/mol. The van der Waals surface area contributed by atoms with E-state index in [-0.39, 0.29) is 5.69 Å². The van der Waals surface area contributed by atoms with Crippen LogP contribution in [0.1, 0.15) is 28.7 Å². The van der Waals surface area contributed by atoms with Crippen LogP contribution in [0.15, 0.2) is 24.3 Å². The number of nitrogens with zero attached hydrogens (tertiary/aromatic N) is 3. The predicted octanol–water partition coefficient (Wildman–Crippen LogP) is 2.06. The van der Waals surface area contributed by atoms with Crippen molar-refractivity contribution in [3.05, 3.63) is 41.2 Å². The molecule has 5 nitrogen and oxygen atoms in total. The molecule has 18 heavy (non-hydrogen) atoms. The Bertz CT molecular complexity index is 575. The van der Waals surface area contributed by atoms with Crippen LogP contribution in [0, 0.1) is 13.8 Å². The Morgan fingerprint density at radius 2 is 2.11 bits per heavy atom. The number of ether oxygens (including phenoxy) is 1. The number of aromatic nitrogens is 3. The molecule has 2 rings (SSSR count). The van der Waals surface area contributed by atoms with Crippen LogP contribution in [0.4, 0.5) is 0 Å². The highest BCUT2D eigenvalue weighted by atomic mass is 16.5. The van der Waals surface area contributed by atoms with Gasteiger partial charge in [-0.15, -0.1) is 5.10 Å². The zero-order valence-electron chi connectivity index (χ0n) is 10.7. The third-order valence-corrected chi connectivity index (χ3v) is 2.48. The number of benzene rings is 1. The normalized spacial score (nSPS) is 10.4. The van der Waals surface area contributed by atoms with Gasteiger partial charge < -0.3 is 4.74 Å². The summed E-state index contributed by atoms with van der Waals surface area (Å²) in [5.74, 6) is -0.436. The Labute approximate surface area is 105 Å². The molecule has 0 aliphatic carbocycles. The lowest BCUT2D eigenvalue weighted by atomic mass is 10.2. The highest BCUT2D eigenvalue weighted by Crippen LogP contribution is 2.11. The second kappa shape index (κ2) is 5.00.